The topological polar surface area (TPSA) is 115 Å². The van der Waals surface area contributed by atoms with Gasteiger partial charge in [0.15, 0.2) is 0 Å². The summed E-state index contributed by atoms with van der Waals surface area (Å²) in [5.41, 5.74) is 11.4. The summed E-state index contributed by atoms with van der Waals surface area (Å²) in [4.78, 5) is 37.3. The summed E-state index contributed by atoms with van der Waals surface area (Å²) in [7, 11) is 0. The average molecular weight is 1190 g/mol. The molecule has 0 aliphatic heterocycles. The van der Waals surface area contributed by atoms with Crippen molar-refractivity contribution in [2.75, 3.05) is 0 Å². The Morgan fingerprint density at radius 3 is 1.41 bits per heavy atom. The van der Waals surface area contributed by atoms with Crippen molar-refractivity contribution < 1.29 is 0 Å². The van der Waals surface area contributed by atoms with Crippen LogP contribution in [-0.2, 0) is 25.7 Å². The quantitative estimate of drug-likeness (QED) is 0.0975. The van der Waals surface area contributed by atoms with Crippen molar-refractivity contribution in [2.45, 2.75) is 46.5 Å². The lowest BCUT2D eigenvalue weighted by Gasteiger charge is -2.02. The Morgan fingerprint density at radius 2 is 0.873 bits per heavy atom. The lowest BCUT2D eigenvalue weighted by atomic mass is 10.1. The van der Waals surface area contributed by atoms with Crippen molar-refractivity contribution in [3.05, 3.63) is 265 Å². The number of nitrogens with one attached hydrogen (secondary N) is 4. The summed E-state index contributed by atoms with van der Waals surface area (Å²) in [6.07, 6.45) is 5.30. The third-order valence-corrected chi connectivity index (χ3v) is 17.4. The predicted octanol–water partition coefficient (Wildman–Crippen LogP) is 19.6. The van der Waals surface area contributed by atoms with Crippen LogP contribution in [0.2, 0.25) is 20.1 Å². The number of benzene rings is 5. The standard InChI is InChI=1S/C18H14N2S.2C15H12Cl2N2S.C15H14N2S/c1-2-5-14-10-15(8-7-13(14)4-1)17-12-19-18(20-17)11-16-6-3-9-21-16;1-9-15(12-5-4-10(16)7-13(12)17)19-14(18-9)8-11-3-2-6-20-11;1-9-15(10-4-5-12(16)13(17)7-10)19-14(18-9)8-11-3-2-6-20-11;1-11-15(12-6-3-2-4-7-12)17-14(16-11)10-13-8-5-9-18-13/h1-10,12H,11H2,(H,19,20);2*2-7H,8H2,1H3,(H,18,19);2-9H,10H2,1H3,(H,16,17). The first-order valence-corrected chi connectivity index (χ1v) is 30.3. The summed E-state index contributed by atoms with van der Waals surface area (Å²) in [5, 5.41) is 13.2. The van der Waals surface area contributed by atoms with Gasteiger partial charge in [0.25, 0.3) is 0 Å². The van der Waals surface area contributed by atoms with Gasteiger partial charge in [-0.05, 0) is 114 Å². The summed E-state index contributed by atoms with van der Waals surface area (Å²) in [6, 6.07) is 53.0. The number of halogens is 4. The van der Waals surface area contributed by atoms with E-state index in [1.165, 1.54) is 41.4 Å². The molecule has 16 heteroatoms. The molecule has 396 valence electrons. The predicted molar refractivity (Wildman–Crippen MR) is 336 cm³/mol. The van der Waals surface area contributed by atoms with Gasteiger partial charge in [-0.3, -0.25) is 0 Å². The van der Waals surface area contributed by atoms with Gasteiger partial charge in [0.1, 0.15) is 23.3 Å². The lowest BCUT2D eigenvalue weighted by Crippen LogP contribution is -1.87. The molecule has 0 aliphatic carbocycles. The van der Waals surface area contributed by atoms with E-state index in [1.54, 1.807) is 57.5 Å². The van der Waals surface area contributed by atoms with Crippen LogP contribution in [0.1, 0.15) is 59.9 Å². The summed E-state index contributed by atoms with van der Waals surface area (Å²) in [6.45, 7) is 6.10. The van der Waals surface area contributed by atoms with Crippen LogP contribution in [0.25, 0.3) is 55.8 Å². The molecule has 0 saturated heterocycles. The zero-order chi connectivity index (χ0) is 54.7. The molecule has 0 aliphatic rings. The monoisotopic (exact) mass is 1190 g/mol. The van der Waals surface area contributed by atoms with E-state index < -0.39 is 0 Å². The number of thiophene rings is 4. The van der Waals surface area contributed by atoms with Crippen molar-refractivity contribution in [2.24, 2.45) is 0 Å². The smallest absolute Gasteiger partial charge is 0.112 e. The highest BCUT2D eigenvalue weighted by Crippen LogP contribution is 2.33. The minimum atomic E-state index is 0.548. The van der Waals surface area contributed by atoms with Crippen LogP contribution in [0.3, 0.4) is 0 Å². The molecule has 0 amide bonds. The highest BCUT2D eigenvalue weighted by atomic mass is 35.5. The second-order valence-electron chi connectivity index (χ2n) is 18.4. The van der Waals surface area contributed by atoms with E-state index in [1.807, 2.05) is 68.6 Å². The zero-order valence-corrected chi connectivity index (χ0v) is 49.4. The average Bonchev–Trinajstić information content (AvgIpc) is 4.35. The van der Waals surface area contributed by atoms with Gasteiger partial charge in [-0.1, -0.05) is 143 Å². The SMILES string of the molecule is Cc1[nH]c(Cc2cccs2)nc1-c1ccc(Cl)c(Cl)c1.Cc1[nH]c(Cc2cccs2)nc1-c1ccc(Cl)cc1Cl.Cc1[nH]c(Cc2cccs2)nc1-c1ccccc1.c1csc(Cc2ncc(-c3ccc4ccccc4c3)[nH]2)c1. The van der Waals surface area contributed by atoms with Crippen molar-refractivity contribution in [3.63, 3.8) is 0 Å². The first kappa shape index (κ1) is 55.5. The molecule has 0 spiro atoms. The number of nitrogens with zero attached hydrogens (tertiary/aromatic N) is 4. The molecule has 0 atom stereocenters. The van der Waals surface area contributed by atoms with E-state index in [9.17, 15) is 0 Å². The van der Waals surface area contributed by atoms with Crippen LogP contribution < -0.4 is 0 Å². The number of H-pyrrole nitrogens is 4. The van der Waals surface area contributed by atoms with Crippen LogP contribution in [-0.4, -0.2) is 39.9 Å². The first-order valence-electron chi connectivity index (χ1n) is 25.2. The second kappa shape index (κ2) is 26.4. The van der Waals surface area contributed by atoms with E-state index in [0.29, 0.717) is 20.1 Å². The third-order valence-electron chi connectivity index (χ3n) is 12.6. The molecule has 0 fully saturated rings. The molecule has 13 rings (SSSR count). The number of aromatic nitrogens is 8. The molecule has 8 heterocycles. The van der Waals surface area contributed by atoms with E-state index in [2.05, 4.69) is 160 Å². The van der Waals surface area contributed by atoms with Crippen LogP contribution in [0.5, 0.6) is 0 Å². The van der Waals surface area contributed by atoms with Gasteiger partial charge in [-0.15, -0.1) is 45.3 Å². The van der Waals surface area contributed by atoms with E-state index in [0.717, 1.165) is 100.0 Å². The summed E-state index contributed by atoms with van der Waals surface area (Å²) < 4.78 is 0. The van der Waals surface area contributed by atoms with Crippen LogP contribution >= 0.6 is 91.8 Å². The van der Waals surface area contributed by atoms with Crippen molar-refractivity contribution >= 4 is 103 Å². The minimum absolute atomic E-state index is 0.548. The van der Waals surface area contributed by atoms with E-state index in [4.69, 9.17) is 51.4 Å². The third kappa shape index (κ3) is 14.7. The Morgan fingerprint density at radius 1 is 0.380 bits per heavy atom. The fraction of sp³-hybridized carbons (Fsp3) is 0.111. The van der Waals surface area contributed by atoms with Crippen molar-refractivity contribution in [3.8, 4) is 45.0 Å². The summed E-state index contributed by atoms with van der Waals surface area (Å²) in [5.74, 6) is 3.96. The normalized spacial score (nSPS) is 10.9. The summed E-state index contributed by atoms with van der Waals surface area (Å²) >= 11 is 31.2. The molecule has 79 heavy (non-hydrogen) atoms. The Balaban J connectivity index is 0.000000119. The number of hydrogen-bond acceptors (Lipinski definition) is 8. The van der Waals surface area contributed by atoms with Crippen molar-refractivity contribution in [1.82, 2.24) is 39.9 Å². The van der Waals surface area contributed by atoms with Crippen LogP contribution in [0.4, 0.5) is 0 Å². The van der Waals surface area contributed by atoms with Gasteiger partial charge in [-0.2, -0.15) is 0 Å². The van der Waals surface area contributed by atoms with Gasteiger partial charge in [0, 0.05) is 89.6 Å². The molecular weight excluding hydrogens is 1140 g/mol. The number of hydrogen-bond donors (Lipinski definition) is 4. The Hall–Kier alpha value is -6.84. The van der Waals surface area contributed by atoms with Crippen LogP contribution in [0.15, 0.2) is 185 Å². The first-order chi connectivity index (χ1) is 38.5. The highest BCUT2D eigenvalue weighted by Gasteiger charge is 2.15. The van der Waals surface area contributed by atoms with Gasteiger partial charge in [0.2, 0.25) is 0 Å². The largest absolute Gasteiger partial charge is 0.345 e. The lowest BCUT2D eigenvalue weighted by molar-refractivity contribution is 1.03. The Bertz CT molecular complexity index is 4010. The van der Waals surface area contributed by atoms with Gasteiger partial charge in [0.05, 0.1) is 44.0 Å². The number of aromatic amines is 4. The van der Waals surface area contributed by atoms with E-state index >= 15 is 0 Å². The number of imidazole rings is 4. The van der Waals surface area contributed by atoms with Crippen LogP contribution in [0, 0.1) is 20.8 Å². The molecule has 5 aromatic carbocycles. The second-order valence-corrected chi connectivity index (χ2v) is 24.2. The van der Waals surface area contributed by atoms with Crippen molar-refractivity contribution in [1.29, 1.82) is 0 Å². The molecule has 0 saturated carbocycles. The molecule has 0 bridgehead atoms. The Kier molecular flexibility index (Phi) is 18.5. The Labute approximate surface area is 495 Å². The minimum Gasteiger partial charge on any atom is -0.345 e. The molecule has 4 N–H and O–H groups in total. The van der Waals surface area contributed by atoms with Gasteiger partial charge < -0.3 is 19.9 Å². The number of fused-ring (bicyclic) bond motifs is 1. The molecular formula is C63H52Cl4N8S4. The maximum Gasteiger partial charge on any atom is 0.112 e. The maximum atomic E-state index is 6.25. The zero-order valence-electron chi connectivity index (χ0n) is 43.2. The number of aryl methyl sites for hydroxylation is 3. The molecule has 0 radical (unpaired) electrons. The molecule has 8 aromatic heterocycles. The fourth-order valence-corrected chi connectivity index (χ4v) is 12.5. The van der Waals surface area contributed by atoms with Gasteiger partial charge in [-0.25, -0.2) is 19.9 Å². The van der Waals surface area contributed by atoms with E-state index in [-0.39, 0.29) is 0 Å². The number of rotatable bonds is 12. The molecule has 8 nitrogen and oxygen atoms in total. The molecule has 13 aromatic rings. The maximum absolute atomic E-state index is 6.25. The fourth-order valence-electron chi connectivity index (χ4n) is 8.83. The molecule has 0 unspecified atom stereocenters. The van der Waals surface area contributed by atoms with Gasteiger partial charge >= 0.3 is 0 Å². The highest BCUT2D eigenvalue weighted by molar-refractivity contribution is 7.10.